The summed E-state index contributed by atoms with van der Waals surface area (Å²) in [6.07, 6.45) is 14.0. The molecule has 0 atom stereocenters. The molecular weight excluding hydrogens is 196 g/mol. The van der Waals surface area contributed by atoms with Crippen LogP contribution in [0.3, 0.4) is 0 Å². The van der Waals surface area contributed by atoms with Crippen LogP contribution in [0.4, 0.5) is 0 Å². The molecule has 2 saturated carbocycles. The van der Waals surface area contributed by atoms with Gasteiger partial charge in [-0.25, -0.2) is 0 Å². The summed E-state index contributed by atoms with van der Waals surface area (Å²) in [6, 6.07) is 0. The molecule has 0 heterocycles. The largest absolute Gasteiger partial charge is 0.390 e. The molecule has 2 rings (SSSR count). The SMILES string of the molecule is CCC1CCC(C2(O)CCCCCC2)CC1. The number of aliphatic hydroxyl groups is 1. The zero-order chi connectivity index (χ0) is 11.4. The number of hydrogen-bond donors (Lipinski definition) is 1. The van der Waals surface area contributed by atoms with Crippen LogP contribution >= 0.6 is 0 Å². The molecule has 2 fully saturated rings. The molecule has 1 N–H and O–H groups in total. The van der Waals surface area contributed by atoms with E-state index in [1.807, 2.05) is 0 Å². The zero-order valence-electron chi connectivity index (χ0n) is 10.9. The van der Waals surface area contributed by atoms with Crippen molar-refractivity contribution in [2.45, 2.75) is 83.2 Å². The van der Waals surface area contributed by atoms with Gasteiger partial charge in [-0.05, 0) is 37.5 Å². The van der Waals surface area contributed by atoms with Gasteiger partial charge in [0, 0.05) is 0 Å². The topological polar surface area (TPSA) is 20.2 Å². The molecular formula is C15H28O. The maximum absolute atomic E-state index is 10.8. The molecule has 0 saturated heterocycles. The van der Waals surface area contributed by atoms with Crippen LogP contribution in [0.1, 0.15) is 77.6 Å². The van der Waals surface area contributed by atoms with Crippen LogP contribution in [0.5, 0.6) is 0 Å². The summed E-state index contributed by atoms with van der Waals surface area (Å²) in [7, 11) is 0. The van der Waals surface area contributed by atoms with E-state index in [9.17, 15) is 5.11 Å². The molecule has 0 aromatic heterocycles. The average molecular weight is 224 g/mol. The lowest BCUT2D eigenvalue weighted by molar-refractivity contribution is -0.0502. The van der Waals surface area contributed by atoms with E-state index in [0.29, 0.717) is 5.92 Å². The van der Waals surface area contributed by atoms with Gasteiger partial charge < -0.3 is 5.11 Å². The van der Waals surface area contributed by atoms with Crippen molar-refractivity contribution < 1.29 is 5.11 Å². The van der Waals surface area contributed by atoms with Crippen LogP contribution in [0.2, 0.25) is 0 Å². The van der Waals surface area contributed by atoms with Gasteiger partial charge in [-0.1, -0.05) is 51.9 Å². The Morgan fingerprint density at radius 1 is 0.938 bits per heavy atom. The van der Waals surface area contributed by atoms with Gasteiger partial charge in [-0.15, -0.1) is 0 Å². The molecule has 0 aliphatic heterocycles. The Morgan fingerprint density at radius 2 is 1.50 bits per heavy atom. The van der Waals surface area contributed by atoms with Gasteiger partial charge in [0.2, 0.25) is 0 Å². The minimum atomic E-state index is -0.283. The first-order chi connectivity index (χ1) is 7.74. The Kier molecular flexibility index (Phi) is 4.29. The predicted octanol–water partition coefficient (Wildman–Crippen LogP) is 4.29. The summed E-state index contributed by atoms with van der Waals surface area (Å²) in [5, 5.41) is 10.8. The van der Waals surface area contributed by atoms with Crippen molar-refractivity contribution in [3.8, 4) is 0 Å². The maximum Gasteiger partial charge on any atom is 0.0675 e. The van der Waals surface area contributed by atoms with E-state index >= 15 is 0 Å². The fourth-order valence-corrected chi connectivity index (χ4v) is 3.86. The molecule has 0 aromatic rings. The van der Waals surface area contributed by atoms with Crippen LogP contribution in [-0.2, 0) is 0 Å². The van der Waals surface area contributed by atoms with E-state index in [-0.39, 0.29) is 5.60 Å². The third-order valence-corrected chi connectivity index (χ3v) is 5.15. The lowest BCUT2D eigenvalue weighted by atomic mass is 9.70. The van der Waals surface area contributed by atoms with Gasteiger partial charge >= 0.3 is 0 Å². The Balaban J connectivity index is 1.90. The van der Waals surface area contributed by atoms with Crippen molar-refractivity contribution in [2.24, 2.45) is 11.8 Å². The van der Waals surface area contributed by atoms with Crippen molar-refractivity contribution in [3.05, 3.63) is 0 Å². The molecule has 2 aliphatic carbocycles. The van der Waals surface area contributed by atoms with Crippen LogP contribution < -0.4 is 0 Å². The summed E-state index contributed by atoms with van der Waals surface area (Å²) < 4.78 is 0. The molecule has 0 radical (unpaired) electrons. The Morgan fingerprint density at radius 3 is 2.00 bits per heavy atom. The van der Waals surface area contributed by atoms with Crippen molar-refractivity contribution in [1.29, 1.82) is 0 Å². The zero-order valence-corrected chi connectivity index (χ0v) is 10.9. The first-order valence-corrected chi connectivity index (χ1v) is 7.47. The standard InChI is InChI=1S/C15H28O/c1-2-13-7-9-14(10-8-13)15(16)11-5-3-4-6-12-15/h13-14,16H,2-12H2,1H3. The molecule has 0 amide bonds. The third kappa shape index (κ3) is 2.80. The maximum atomic E-state index is 10.8. The average Bonchev–Trinajstić information content (AvgIpc) is 2.55. The van der Waals surface area contributed by atoms with Gasteiger partial charge in [0.25, 0.3) is 0 Å². The highest BCUT2D eigenvalue weighted by atomic mass is 16.3. The van der Waals surface area contributed by atoms with Crippen molar-refractivity contribution in [2.75, 3.05) is 0 Å². The molecule has 0 unspecified atom stereocenters. The summed E-state index contributed by atoms with van der Waals surface area (Å²) in [5.41, 5.74) is -0.283. The molecule has 1 heteroatoms. The minimum absolute atomic E-state index is 0.283. The Bertz CT molecular complexity index is 195. The summed E-state index contributed by atoms with van der Waals surface area (Å²) in [4.78, 5) is 0. The molecule has 1 nitrogen and oxygen atoms in total. The Labute approximate surface area is 101 Å². The van der Waals surface area contributed by atoms with Crippen LogP contribution in [0.25, 0.3) is 0 Å². The van der Waals surface area contributed by atoms with E-state index < -0.39 is 0 Å². The highest BCUT2D eigenvalue weighted by Gasteiger charge is 2.38. The monoisotopic (exact) mass is 224 g/mol. The van der Waals surface area contributed by atoms with Gasteiger partial charge in [-0.3, -0.25) is 0 Å². The fraction of sp³-hybridized carbons (Fsp3) is 1.00. The molecule has 2 aliphatic rings. The normalized spacial score (nSPS) is 35.6. The molecule has 94 valence electrons. The third-order valence-electron chi connectivity index (χ3n) is 5.15. The van der Waals surface area contributed by atoms with E-state index in [4.69, 9.17) is 0 Å². The van der Waals surface area contributed by atoms with Gasteiger partial charge in [0.1, 0.15) is 0 Å². The molecule has 16 heavy (non-hydrogen) atoms. The summed E-state index contributed by atoms with van der Waals surface area (Å²) >= 11 is 0. The van der Waals surface area contributed by atoms with Crippen molar-refractivity contribution in [3.63, 3.8) is 0 Å². The van der Waals surface area contributed by atoms with Crippen molar-refractivity contribution in [1.82, 2.24) is 0 Å². The van der Waals surface area contributed by atoms with Gasteiger partial charge in [0.05, 0.1) is 5.60 Å². The van der Waals surface area contributed by atoms with Crippen LogP contribution in [0, 0.1) is 11.8 Å². The predicted molar refractivity (Wildman–Crippen MR) is 68.4 cm³/mol. The second-order valence-corrected chi connectivity index (χ2v) is 6.14. The summed E-state index contributed by atoms with van der Waals surface area (Å²) in [5.74, 6) is 1.57. The Hall–Kier alpha value is -0.0400. The lowest BCUT2D eigenvalue weighted by Crippen LogP contribution is -2.39. The smallest absolute Gasteiger partial charge is 0.0675 e. The molecule has 0 spiro atoms. The summed E-state index contributed by atoms with van der Waals surface area (Å²) in [6.45, 7) is 2.31. The van der Waals surface area contributed by atoms with Gasteiger partial charge in [-0.2, -0.15) is 0 Å². The van der Waals surface area contributed by atoms with Crippen LogP contribution in [-0.4, -0.2) is 10.7 Å². The van der Waals surface area contributed by atoms with Crippen molar-refractivity contribution >= 4 is 0 Å². The van der Waals surface area contributed by atoms with E-state index in [0.717, 1.165) is 18.8 Å². The first-order valence-electron chi connectivity index (χ1n) is 7.47. The highest BCUT2D eigenvalue weighted by Crippen LogP contribution is 2.42. The van der Waals surface area contributed by atoms with E-state index in [2.05, 4.69) is 6.92 Å². The van der Waals surface area contributed by atoms with E-state index in [1.165, 1.54) is 57.8 Å². The second-order valence-electron chi connectivity index (χ2n) is 6.14. The van der Waals surface area contributed by atoms with Gasteiger partial charge in [0.15, 0.2) is 0 Å². The molecule has 0 bridgehead atoms. The minimum Gasteiger partial charge on any atom is -0.390 e. The second kappa shape index (κ2) is 5.53. The quantitative estimate of drug-likeness (QED) is 0.694. The fourth-order valence-electron chi connectivity index (χ4n) is 3.86. The van der Waals surface area contributed by atoms with E-state index in [1.54, 1.807) is 0 Å². The highest BCUT2D eigenvalue weighted by molar-refractivity contribution is 4.90. The number of rotatable bonds is 2. The molecule has 0 aromatic carbocycles. The number of hydrogen-bond acceptors (Lipinski definition) is 1. The first kappa shape index (κ1) is 12.4. The lowest BCUT2D eigenvalue weighted by Gasteiger charge is -2.40. The van der Waals surface area contributed by atoms with Crippen LogP contribution in [0.15, 0.2) is 0 Å².